The molecule has 0 unspecified atom stereocenters. The standard InChI is InChI=1S/C16H17F3N2O2/c17-16(18,19)14(22)23-21-10-8-15(12-20,9-11-21)7-6-13-4-2-1-3-5-13/h1-5H,6-11H2. The van der Waals surface area contributed by atoms with E-state index in [1.807, 2.05) is 30.3 Å². The van der Waals surface area contributed by atoms with Crippen LogP contribution in [0.15, 0.2) is 30.3 Å². The minimum absolute atomic E-state index is 0.129. The van der Waals surface area contributed by atoms with Crippen LogP contribution in [0.3, 0.4) is 0 Å². The highest BCUT2D eigenvalue weighted by Crippen LogP contribution is 2.36. The van der Waals surface area contributed by atoms with Crippen LogP contribution < -0.4 is 0 Å². The molecule has 1 saturated heterocycles. The minimum atomic E-state index is -5.00. The van der Waals surface area contributed by atoms with Crippen molar-refractivity contribution in [2.24, 2.45) is 5.41 Å². The first-order valence-corrected chi connectivity index (χ1v) is 7.34. The molecule has 0 saturated carbocycles. The number of carbonyl (C=O) groups is 1. The number of hydroxylamine groups is 2. The number of hydrogen-bond donors (Lipinski definition) is 0. The molecule has 1 aromatic carbocycles. The van der Waals surface area contributed by atoms with E-state index in [0.29, 0.717) is 19.3 Å². The molecule has 7 heteroatoms. The van der Waals surface area contributed by atoms with Gasteiger partial charge in [-0.3, -0.25) is 0 Å². The van der Waals surface area contributed by atoms with Crippen LogP contribution in [0.25, 0.3) is 0 Å². The molecule has 1 fully saturated rings. The average Bonchev–Trinajstić information content (AvgIpc) is 2.54. The summed E-state index contributed by atoms with van der Waals surface area (Å²) in [6.07, 6.45) is -2.88. The Bertz CT molecular complexity index is 573. The third-order valence-electron chi connectivity index (χ3n) is 4.10. The summed E-state index contributed by atoms with van der Waals surface area (Å²) in [6.45, 7) is 0.258. The maximum Gasteiger partial charge on any atom is 0.492 e. The Morgan fingerprint density at radius 3 is 2.39 bits per heavy atom. The highest BCUT2D eigenvalue weighted by atomic mass is 19.4. The van der Waals surface area contributed by atoms with Crippen LogP contribution in [0.2, 0.25) is 0 Å². The van der Waals surface area contributed by atoms with Gasteiger partial charge >= 0.3 is 12.1 Å². The molecular weight excluding hydrogens is 309 g/mol. The van der Waals surface area contributed by atoms with Crippen molar-refractivity contribution in [2.45, 2.75) is 31.9 Å². The summed E-state index contributed by atoms with van der Waals surface area (Å²) in [5, 5.41) is 10.5. The predicted octanol–water partition coefficient (Wildman–Crippen LogP) is 3.25. The summed E-state index contributed by atoms with van der Waals surface area (Å²) in [4.78, 5) is 15.1. The first kappa shape index (κ1) is 17.3. The van der Waals surface area contributed by atoms with E-state index in [1.54, 1.807) is 0 Å². The second-order valence-electron chi connectivity index (χ2n) is 5.68. The maximum absolute atomic E-state index is 12.2. The van der Waals surface area contributed by atoms with Crippen molar-refractivity contribution in [3.63, 3.8) is 0 Å². The lowest BCUT2D eigenvalue weighted by molar-refractivity contribution is -0.243. The Hall–Kier alpha value is -2.07. The van der Waals surface area contributed by atoms with Gasteiger partial charge in [0, 0.05) is 13.1 Å². The Labute approximate surface area is 132 Å². The molecule has 1 aliphatic rings. The van der Waals surface area contributed by atoms with Crippen LogP contribution >= 0.6 is 0 Å². The Kier molecular flexibility index (Phi) is 5.26. The molecule has 1 aliphatic heterocycles. The second-order valence-corrected chi connectivity index (χ2v) is 5.68. The third-order valence-corrected chi connectivity index (χ3v) is 4.10. The summed E-state index contributed by atoms with van der Waals surface area (Å²) in [5.74, 6) is -2.22. The first-order chi connectivity index (χ1) is 10.8. The highest BCUT2D eigenvalue weighted by molar-refractivity contribution is 5.75. The number of piperidine rings is 1. The van der Waals surface area contributed by atoms with Crippen molar-refractivity contribution in [1.82, 2.24) is 5.06 Å². The van der Waals surface area contributed by atoms with E-state index in [1.165, 1.54) is 0 Å². The molecule has 23 heavy (non-hydrogen) atoms. The zero-order valence-electron chi connectivity index (χ0n) is 12.5. The van der Waals surface area contributed by atoms with Gasteiger partial charge in [0.1, 0.15) is 0 Å². The molecule has 124 valence electrons. The van der Waals surface area contributed by atoms with Gasteiger partial charge in [-0.2, -0.15) is 18.4 Å². The van der Waals surface area contributed by atoms with Crippen molar-refractivity contribution in [3.05, 3.63) is 35.9 Å². The molecule has 1 aromatic rings. The summed E-state index contributed by atoms with van der Waals surface area (Å²) in [5.41, 5.74) is 0.532. The van der Waals surface area contributed by atoms with Crippen LogP contribution in [-0.4, -0.2) is 30.3 Å². The quantitative estimate of drug-likeness (QED) is 0.852. The van der Waals surface area contributed by atoms with E-state index in [2.05, 4.69) is 10.9 Å². The maximum atomic E-state index is 12.2. The molecule has 0 aliphatic carbocycles. The van der Waals surface area contributed by atoms with Gasteiger partial charge in [0.15, 0.2) is 0 Å². The zero-order chi connectivity index (χ0) is 16.9. The normalized spacial score (nSPS) is 18.2. The number of aryl methyl sites for hydroxylation is 1. The van der Waals surface area contributed by atoms with Crippen LogP contribution in [0.1, 0.15) is 24.8 Å². The molecular formula is C16H17F3N2O2. The van der Waals surface area contributed by atoms with Crippen molar-refractivity contribution < 1.29 is 22.8 Å². The van der Waals surface area contributed by atoms with E-state index in [9.17, 15) is 23.2 Å². The van der Waals surface area contributed by atoms with Crippen molar-refractivity contribution in [2.75, 3.05) is 13.1 Å². The highest BCUT2D eigenvalue weighted by Gasteiger charge is 2.44. The lowest BCUT2D eigenvalue weighted by Crippen LogP contribution is -2.43. The average molecular weight is 326 g/mol. The molecule has 0 amide bonds. The molecule has 0 bridgehead atoms. The van der Waals surface area contributed by atoms with Gasteiger partial charge in [0.25, 0.3) is 0 Å². The third kappa shape index (κ3) is 4.70. The predicted molar refractivity (Wildman–Crippen MR) is 75.8 cm³/mol. The SMILES string of the molecule is N#CC1(CCc2ccccc2)CCN(OC(=O)C(F)(F)F)CC1. The second kappa shape index (κ2) is 7.01. The largest absolute Gasteiger partial charge is 0.492 e. The fourth-order valence-corrected chi connectivity index (χ4v) is 2.62. The topological polar surface area (TPSA) is 53.3 Å². The smallest absolute Gasteiger partial charge is 0.361 e. The van der Waals surface area contributed by atoms with Gasteiger partial charge in [-0.25, -0.2) is 4.79 Å². The molecule has 1 heterocycles. The van der Waals surface area contributed by atoms with Crippen molar-refractivity contribution in [3.8, 4) is 6.07 Å². The Balaban J connectivity index is 1.87. The van der Waals surface area contributed by atoms with Crippen LogP contribution in [0.4, 0.5) is 13.2 Å². The minimum Gasteiger partial charge on any atom is -0.361 e. The summed E-state index contributed by atoms with van der Waals surface area (Å²) < 4.78 is 36.5. The zero-order valence-corrected chi connectivity index (χ0v) is 12.5. The fraction of sp³-hybridized carbons (Fsp3) is 0.500. The van der Waals surface area contributed by atoms with E-state index in [4.69, 9.17) is 0 Å². The Morgan fingerprint density at radius 1 is 1.26 bits per heavy atom. The van der Waals surface area contributed by atoms with E-state index < -0.39 is 17.6 Å². The van der Waals surface area contributed by atoms with E-state index in [-0.39, 0.29) is 13.1 Å². The van der Waals surface area contributed by atoms with Gasteiger partial charge in [0.2, 0.25) is 0 Å². The lowest BCUT2D eigenvalue weighted by atomic mass is 9.76. The van der Waals surface area contributed by atoms with Crippen LogP contribution in [-0.2, 0) is 16.1 Å². The van der Waals surface area contributed by atoms with Gasteiger partial charge in [0.05, 0.1) is 11.5 Å². The molecule has 2 rings (SSSR count). The van der Waals surface area contributed by atoms with Gasteiger partial charge < -0.3 is 4.84 Å². The summed E-state index contributed by atoms with van der Waals surface area (Å²) >= 11 is 0. The molecule has 0 atom stereocenters. The molecule has 0 spiro atoms. The number of alkyl halides is 3. The number of nitrogens with zero attached hydrogens (tertiary/aromatic N) is 2. The van der Waals surface area contributed by atoms with Gasteiger partial charge in [-0.15, -0.1) is 5.06 Å². The van der Waals surface area contributed by atoms with E-state index >= 15 is 0 Å². The summed E-state index contributed by atoms with van der Waals surface area (Å²) in [7, 11) is 0. The number of hydrogen-bond acceptors (Lipinski definition) is 4. The molecule has 4 nitrogen and oxygen atoms in total. The Morgan fingerprint density at radius 2 is 1.87 bits per heavy atom. The molecule has 0 aromatic heterocycles. The molecule has 0 N–H and O–H groups in total. The lowest BCUT2D eigenvalue weighted by Gasteiger charge is -2.36. The molecule has 0 radical (unpaired) electrons. The first-order valence-electron chi connectivity index (χ1n) is 7.34. The fourth-order valence-electron chi connectivity index (χ4n) is 2.62. The monoisotopic (exact) mass is 326 g/mol. The number of benzene rings is 1. The summed E-state index contributed by atoms with van der Waals surface area (Å²) in [6, 6.07) is 12.0. The number of halogens is 3. The van der Waals surface area contributed by atoms with Crippen molar-refractivity contribution in [1.29, 1.82) is 5.26 Å². The van der Waals surface area contributed by atoms with E-state index in [0.717, 1.165) is 17.0 Å². The van der Waals surface area contributed by atoms with Crippen molar-refractivity contribution >= 4 is 5.97 Å². The van der Waals surface area contributed by atoms with Crippen LogP contribution in [0, 0.1) is 16.7 Å². The number of nitriles is 1. The van der Waals surface area contributed by atoms with Gasteiger partial charge in [-0.05, 0) is 31.2 Å². The van der Waals surface area contributed by atoms with Crippen LogP contribution in [0.5, 0.6) is 0 Å². The number of carbonyl (C=O) groups excluding carboxylic acids is 1. The van der Waals surface area contributed by atoms with Gasteiger partial charge in [-0.1, -0.05) is 30.3 Å². The number of rotatable bonds is 4.